The molecule has 2 aromatic rings. The minimum Gasteiger partial charge on any atom is -0.382 e. The molecule has 8 heteroatoms. The van der Waals surface area contributed by atoms with Crippen LogP contribution in [0.2, 0.25) is 5.02 Å². The second-order valence-electron chi connectivity index (χ2n) is 5.17. The molecule has 1 aromatic carbocycles. The Labute approximate surface area is 136 Å². The Bertz CT molecular complexity index is 754. The van der Waals surface area contributed by atoms with E-state index >= 15 is 0 Å². The molecule has 23 heavy (non-hydrogen) atoms. The lowest BCUT2D eigenvalue weighted by Crippen LogP contribution is -2.34. The van der Waals surface area contributed by atoms with E-state index in [4.69, 9.17) is 16.4 Å². The second kappa shape index (κ2) is 6.37. The molecule has 0 fully saturated rings. The van der Waals surface area contributed by atoms with E-state index in [1.54, 1.807) is 30.2 Å². The number of nitrogens with zero attached hydrogens (tertiary/aromatic N) is 3. The molecule has 1 atom stereocenters. The number of halogens is 2. The van der Waals surface area contributed by atoms with E-state index in [0.717, 1.165) is 5.56 Å². The quantitative estimate of drug-likeness (QED) is 0.928. The molecule has 0 saturated heterocycles. The van der Waals surface area contributed by atoms with Gasteiger partial charge in [-0.1, -0.05) is 22.8 Å². The maximum Gasteiger partial charge on any atom is 0.264 e. The van der Waals surface area contributed by atoms with Crippen LogP contribution >= 0.6 is 11.6 Å². The SMILES string of the molecule is Cn1cc(CNC(=O)C2CC(c3c(F)cccc3Cl)=NO2)cn1. The van der Waals surface area contributed by atoms with Gasteiger partial charge in [0, 0.05) is 31.8 Å². The highest BCUT2D eigenvalue weighted by atomic mass is 35.5. The first-order valence-electron chi connectivity index (χ1n) is 6.97. The normalized spacial score (nSPS) is 16.8. The van der Waals surface area contributed by atoms with Gasteiger partial charge in [-0.15, -0.1) is 0 Å². The fraction of sp³-hybridized carbons (Fsp3) is 0.267. The Hall–Kier alpha value is -2.41. The second-order valence-corrected chi connectivity index (χ2v) is 5.58. The lowest BCUT2D eigenvalue weighted by molar-refractivity contribution is -0.131. The van der Waals surface area contributed by atoms with Gasteiger partial charge in [0.25, 0.3) is 5.91 Å². The van der Waals surface area contributed by atoms with Crippen molar-refractivity contribution >= 4 is 23.2 Å². The van der Waals surface area contributed by atoms with Crippen molar-refractivity contribution in [2.75, 3.05) is 0 Å². The molecule has 0 bridgehead atoms. The van der Waals surface area contributed by atoms with Gasteiger partial charge in [0.2, 0.25) is 6.10 Å². The lowest BCUT2D eigenvalue weighted by atomic mass is 10.0. The summed E-state index contributed by atoms with van der Waals surface area (Å²) >= 11 is 5.99. The molecule has 6 nitrogen and oxygen atoms in total. The molecule has 1 aliphatic rings. The van der Waals surface area contributed by atoms with Gasteiger partial charge in [0.15, 0.2) is 0 Å². The summed E-state index contributed by atoms with van der Waals surface area (Å²) in [6, 6.07) is 4.37. The van der Waals surface area contributed by atoms with Crippen LogP contribution in [0.5, 0.6) is 0 Å². The molecule has 0 saturated carbocycles. The van der Waals surface area contributed by atoms with Crippen molar-refractivity contribution in [2.24, 2.45) is 12.2 Å². The molecule has 0 aliphatic carbocycles. The number of aryl methyl sites for hydroxylation is 1. The average molecular weight is 337 g/mol. The number of hydrogen-bond donors (Lipinski definition) is 1. The third-order valence-electron chi connectivity index (χ3n) is 3.44. The van der Waals surface area contributed by atoms with Crippen LogP contribution in [-0.2, 0) is 23.2 Å². The van der Waals surface area contributed by atoms with Crippen LogP contribution in [0.3, 0.4) is 0 Å². The van der Waals surface area contributed by atoms with Gasteiger partial charge in [0.05, 0.1) is 22.5 Å². The standard InChI is InChI=1S/C15H14ClFN4O2/c1-21-8-9(7-19-21)6-18-15(22)13-5-12(20-23-13)14-10(16)3-2-4-11(14)17/h2-4,7-8,13H,5-6H2,1H3,(H,18,22). The Morgan fingerprint density at radius 1 is 1.57 bits per heavy atom. The molecule has 1 N–H and O–H groups in total. The predicted octanol–water partition coefficient (Wildman–Crippen LogP) is 2.02. The van der Waals surface area contributed by atoms with E-state index in [1.165, 1.54) is 12.1 Å². The fourth-order valence-electron chi connectivity index (χ4n) is 2.31. The Morgan fingerprint density at radius 3 is 3.09 bits per heavy atom. The molecular formula is C15H14ClFN4O2. The number of benzene rings is 1. The molecule has 3 rings (SSSR count). The summed E-state index contributed by atoms with van der Waals surface area (Å²) in [4.78, 5) is 17.2. The van der Waals surface area contributed by atoms with E-state index in [9.17, 15) is 9.18 Å². The topological polar surface area (TPSA) is 68.5 Å². The number of carbonyl (C=O) groups excluding carboxylic acids is 1. The molecule has 120 valence electrons. The number of aromatic nitrogens is 2. The van der Waals surface area contributed by atoms with Crippen molar-refractivity contribution in [1.82, 2.24) is 15.1 Å². The van der Waals surface area contributed by atoms with Gasteiger partial charge in [-0.3, -0.25) is 9.48 Å². The fourth-order valence-corrected chi connectivity index (χ4v) is 2.58. The summed E-state index contributed by atoms with van der Waals surface area (Å²) in [5.74, 6) is -0.809. The number of nitrogens with one attached hydrogen (secondary N) is 1. The highest BCUT2D eigenvalue weighted by molar-refractivity contribution is 6.34. The zero-order valence-corrected chi connectivity index (χ0v) is 13.0. The first kappa shape index (κ1) is 15.5. The summed E-state index contributed by atoms with van der Waals surface area (Å²) < 4.78 is 15.5. The monoisotopic (exact) mass is 336 g/mol. The number of rotatable bonds is 4. The van der Waals surface area contributed by atoms with E-state index < -0.39 is 11.9 Å². The first-order chi connectivity index (χ1) is 11.0. The Morgan fingerprint density at radius 2 is 2.39 bits per heavy atom. The largest absolute Gasteiger partial charge is 0.382 e. The van der Waals surface area contributed by atoms with Crippen molar-refractivity contribution < 1.29 is 14.0 Å². The minimum absolute atomic E-state index is 0.166. The molecule has 1 aliphatic heterocycles. The van der Waals surface area contributed by atoms with Crippen molar-refractivity contribution in [3.63, 3.8) is 0 Å². The zero-order valence-electron chi connectivity index (χ0n) is 12.3. The van der Waals surface area contributed by atoms with Crippen LogP contribution in [0.15, 0.2) is 35.7 Å². The molecule has 0 spiro atoms. The van der Waals surface area contributed by atoms with Crippen LogP contribution in [0.4, 0.5) is 4.39 Å². The third-order valence-corrected chi connectivity index (χ3v) is 3.75. The van der Waals surface area contributed by atoms with Crippen LogP contribution in [0.1, 0.15) is 17.5 Å². The summed E-state index contributed by atoms with van der Waals surface area (Å²) in [6.07, 6.45) is 2.84. The maximum atomic E-state index is 13.9. The van der Waals surface area contributed by atoms with Gasteiger partial charge in [0.1, 0.15) is 5.82 Å². The van der Waals surface area contributed by atoms with Crippen LogP contribution in [0, 0.1) is 5.82 Å². The predicted molar refractivity (Wildman–Crippen MR) is 82.5 cm³/mol. The van der Waals surface area contributed by atoms with Gasteiger partial charge >= 0.3 is 0 Å². The molecule has 1 amide bonds. The number of carbonyl (C=O) groups is 1. The van der Waals surface area contributed by atoms with Crippen LogP contribution in [-0.4, -0.2) is 27.5 Å². The lowest BCUT2D eigenvalue weighted by Gasteiger charge is -2.08. The van der Waals surface area contributed by atoms with Gasteiger partial charge in [-0.25, -0.2) is 4.39 Å². The zero-order chi connectivity index (χ0) is 16.4. The number of oxime groups is 1. The van der Waals surface area contributed by atoms with E-state index in [0.29, 0.717) is 12.3 Å². The van der Waals surface area contributed by atoms with Gasteiger partial charge in [-0.05, 0) is 12.1 Å². The first-order valence-corrected chi connectivity index (χ1v) is 7.34. The summed E-state index contributed by atoms with van der Waals surface area (Å²) in [5, 5.41) is 10.8. The van der Waals surface area contributed by atoms with Crippen molar-refractivity contribution in [2.45, 2.75) is 19.1 Å². The summed E-state index contributed by atoms with van der Waals surface area (Å²) in [5.41, 5.74) is 1.38. The molecule has 0 radical (unpaired) electrons. The van der Waals surface area contributed by atoms with Crippen molar-refractivity contribution in [3.8, 4) is 0 Å². The van der Waals surface area contributed by atoms with Gasteiger partial charge in [-0.2, -0.15) is 5.10 Å². The third kappa shape index (κ3) is 3.34. The Balaban J connectivity index is 1.61. The van der Waals surface area contributed by atoms with E-state index in [2.05, 4.69) is 15.6 Å². The maximum absolute atomic E-state index is 13.9. The molecular weight excluding hydrogens is 323 g/mol. The van der Waals surface area contributed by atoms with Crippen molar-refractivity contribution in [1.29, 1.82) is 0 Å². The van der Waals surface area contributed by atoms with E-state index in [-0.39, 0.29) is 22.9 Å². The molecule has 1 unspecified atom stereocenters. The van der Waals surface area contributed by atoms with E-state index in [1.807, 2.05) is 0 Å². The van der Waals surface area contributed by atoms with Gasteiger partial charge < -0.3 is 10.2 Å². The summed E-state index contributed by atoms with van der Waals surface area (Å²) in [6.45, 7) is 0.336. The van der Waals surface area contributed by atoms with Crippen LogP contribution < -0.4 is 5.32 Å². The van der Waals surface area contributed by atoms with Crippen molar-refractivity contribution in [3.05, 3.63) is 52.6 Å². The van der Waals surface area contributed by atoms with Crippen LogP contribution in [0.25, 0.3) is 0 Å². The molecule has 2 heterocycles. The summed E-state index contributed by atoms with van der Waals surface area (Å²) in [7, 11) is 1.80. The highest BCUT2D eigenvalue weighted by Crippen LogP contribution is 2.25. The number of hydrogen-bond acceptors (Lipinski definition) is 4. The number of amides is 1. The Kier molecular flexibility index (Phi) is 4.29. The average Bonchev–Trinajstić information content (AvgIpc) is 3.14. The molecule has 1 aromatic heterocycles. The highest BCUT2D eigenvalue weighted by Gasteiger charge is 2.30. The minimum atomic E-state index is -0.794. The smallest absolute Gasteiger partial charge is 0.264 e.